The van der Waals surface area contributed by atoms with Gasteiger partial charge in [-0.25, -0.2) is 4.79 Å². The third kappa shape index (κ3) is 13.4. The van der Waals surface area contributed by atoms with E-state index >= 15 is 0 Å². The summed E-state index contributed by atoms with van der Waals surface area (Å²) in [5.41, 5.74) is 0. The summed E-state index contributed by atoms with van der Waals surface area (Å²) in [6.45, 7) is 16.1. The van der Waals surface area contributed by atoms with Crippen molar-refractivity contribution in [2.45, 2.75) is 97.8 Å². The Labute approximate surface area is 163 Å². The lowest BCUT2D eigenvalue weighted by molar-refractivity contribution is -0.929. The van der Waals surface area contributed by atoms with E-state index in [0.29, 0.717) is 6.61 Å². The molecule has 0 spiro atoms. The van der Waals surface area contributed by atoms with Crippen molar-refractivity contribution in [3.8, 4) is 0 Å². The molecule has 0 aliphatic rings. The summed E-state index contributed by atoms with van der Waals surface area (Å²) in [6.07, 6.45) is 16.8. The van der Waals surface area contributed by atoms with Crippen molar-refractivity contribution in [2.75, 3.05) is 32.8 Å². The van der Waals surface area contributed by atoms with Crippen molar-refractivity contribution in [3.05, 3.63) is 12.7 Å². The van der Waals surface area contributed by atoms with Crippen LogP contribution < -0.4 is 0 Å². The minimum atomic E-state index is -0.296. The summed E-state index contributed by atoms with van der Waals surface area (Å²) >= 11 is 0. The van der Waals surface area contributed by atoms with Crippen LogP contribution in [0.1, 0.15) is 97.8 Å². The number of carbonyl (C=O) groups is 1. The van der Waals surface area contributed by atoms with Gasteiger partial charge in [0.25, 0.3) is 0 Å². The molecular formula is C23H46NO2+. The highest BCUT2D eigenvalue weighted by atomic mass is 16.5. The summed E-state index contributed by atoms with van der Waals surface area (Å²) in [5, 5.41) is 0. The average molecular weight is 369 g/mol. The molecule has 3 nitrogen and oxygen atoms in total. The van der Waals surface area contributed by atoms with Gasteiger partial charge < -0.3 is 9.22 Å². The highest BCUT2D eigenvalue weighted by Gasteiger charge is 2.25. The predicted octanol–water partition coefficient (Wildman–Crippen LogP) is 6.27. The highest BCUT2D eigenvalue weighted by Crippen LogP contribution is 2.18. The van der Waals surface area contributed by atoms with Gasteiger partial charge in [0.15, 0.2) is 0 Å². The molecule has 0 bridgehead atoms. The quantitative estimate of drug-likeness (QED) is 0.116. The van der Waals surface area contributed by atoms with E-state index in [1.54, 1.807) is 0 Å². The minimum Gasteiger partial charge on any atom is -0.463 e. The van der Waals surface area contributed by atoms with E-state index in [-0.39, 0.29) is 5.97 Å². The van der Waals surface area contributed by atoms with Crippen LogP contribution in [0.3, 0.4) is 0 Å². The van der Waals surface area contributed by atoms with Crippen molar-refractivity contribution in [1.82, 2.24) is 0 Å². The normalized spacial score (nSPS) is 11.5. The van der Waals surface area contributed by atoms with Crippen LogP contribution in [0, 0.1) is 0 Å². The second-order valence-corrected chi connectivity index (χ2v) is 7.79. The lowest BCUT2D eigenvalue weighted by Gasteiger charge is -2.39. The van der Waals surface area contributed by atoms with E-state index in [1.165, 1.54) is 101 Å². The molecule has 0 radical (unpaired) electrons. The maximum atomic E-state index is 11.2. The Morgan fingerprint density at radius 2 is 1.19 bits per heavy atom. The number of unbranched alkanes of at least 4 members (excludes halogenated alkanes) is 8. The molecule has 0 fully saturated rings. The van der Waals surface area contributed by atoms with Gasteiger partial charge in [0.2, 0.25) is 0 Å². The van der Waals surface area contributed by atoms with Crippen LogP contribution in [0.15, 0.2) is 12.7 Å². The molecule has 0 aromatic rings. The average Bonchev–Trinajstić information content (AvgIpc) is 2.66. The monoisotopic (exact) mass is 368 g/mol. The van der Waals surface area contributed by atoms with Crippen LogP contribution in [-0.4, -0.2) is 43.2 Å². The molecule has 0 heterocycles. The molecule has 0 rings (SSSR count). The Hall–Kier alpha value is -0.830. The van der Waals surface area contributed by atoms with Crippen LogP contribution in [0.2, 0.25) is 0 Å². The maximum absolute atomic E-state index is 11.2. The van der Waals surface area contributed by atoms with E-state index in [1.807, 2.05) is 0 Å². The molecule has 0 amide bonds. The Morgan fingerprint density at radius 3 is 1.73 bits per heavy atom. The number of carbonyl (C=O) groups excluding carboxylic acids is 1. The smallest absolute Gasteiger partial charge is 0.330 e. The first-order chi connectivity index (χ1) is 12.6. The maximum Gasteiger partial charge on any atom is 0.330 e. The highest BCUT2D eigenvalue weighted by molar-refractivity contribution is 5.81. The number of esters is 1. The third-order valence-corrected chi connectivity index (χ3v) is 5.40. The van der Waals surface area contributed by atoms with Crippen LogP contribution in [0.25, 0.3) is 0 Å². The first-order valence-corrected chi connectivity index (χ1v) is 11.3. The fourth-order valence-electron chi connectivity index (χ4n) is 3.67. The zero-order valence-electron chi connectivity index (χ0n) is 18.1. The van der Waals surface area contributed by atoms with Gasteiger partial charge in [0, 0.05) is 6.08 Å². The fourth-order valence-corrected chi connectivity index (χ4v) is 3.67. The summed E-state index contributed by atoms with van der Waals surface area (Å²) in [5.74, 6) is -0.296. The van der Waals surface area contributed by atoms with Crippen molar-refractivity contribution < 1.29 is 14.0 Å². The van der Waals surface area contributed by atoms with E-state index < -0.39 is 0 Å². The molecule has 26 heavy (non-hydrogen) atoms. The topological polar surface area (TPSA) is 26.3 Å². The molecule has 0 atom stereocenters. The van der Waals surface area contributed by atoms with E-state index in [2.05, 4.69) is 27.4 Å². The van der Waals surface area contributed by atoms with Gasteiger partial charge in [-0.1, -0.05) is 65.9 Å². The second-order valence-electron chi connectivity index (χ2n) is 7.79. The van der Waals surface area contributed by atoms with Gasteiger partial charge in [0.05, 0.1) is 32.8 Å². The van der Waals surface area contributed by atoms with Crippen LogP contribution in [-0.2, 0) is 9.53 Å². The lowest BCUT2D eigenvalue weighted by Crippen LogP contribution is -2.50. The molecule has 154 valence electrons. The Kier molecular flexibility index (Phi) is 17.0. The molecule has 0 N–H and O–H groups in total. The second kappa shape index (κ2) is 17.6. The molecule has 0 aliphatic heterocycles. The molecule has 0 aliphatic carbocycles. The number of hydrogen-bond donors (Lipinski definition) is 0. The van der Waals surface area contributed by atoms with E-state index in [9.17, 15) is 4.79 Å². The molecular weight excluding hydrogens is 322 g/mol. The first-order valence-electron chi connectivity index (χ1n) is 11.3. The Morgan fingerprint density at radius 1 is 0.731 bits per heavy atom. The van der Waals surface area contributed by atoms with Crippen molar-refractivity contribution in [2.24, 2.45) is 0 Å². The van der Waals surface area contributed by atoms with Gasteiger partial charge in [-0.3, -0.25) is 0 Å². The number of quaternary nitrogens is 1. The largest absolute Gasteiger partial charge is 0.463 e. The van der Waals surface area contributed by atoms with Gasteiger partial charge in [-0.15, -0.1) is 0 Å². The standard InChI is InChI=1S/C23H46NO2/c1-5-9-12-13-14-15-20-24(18-10-6-2,19-11-7-3)21-16-17-22-26-23(25)8-4/h8H,4-7,9-22H2,1-3H3/q+1. The van der Waals surface area contributed by atoms with Gasteiger partial charge in [-0.05, 0) is 38.5 Å². The van der Waals surface area contributed by atoms with Crippen molar-refractivity contribution >= 4 is 5.97 Å². The molecule has 0 saturated carbocycles. The molecule has 3 heteroatoms. The lowest BCUT2D eigenvalue weighted by atomic mass is 10.1. The van der Waals surface area contributed by atoms with Crippen LogP contribution in [0.4, 0.5) is 0 Å². The van der Waals surface area contributed by atoms with Crippen LogP contribution >= 0.6 is 0 Å². The fraction of sp³-hybridized carbons (Fsp3) is 0.870. The first kappa shape index (κ1) is 25.2. The number of rotatable bonds is 19. The summed E-state index contributed by atoms with van der Waals surface area (Å²) in [7, 11) is 0. The summed E-state index contributed by atoms with van der Waals surface area (Å²) < 4.78 is 6.42. The number of nitrogens with zero attached hydrogens (tertiary/aromatic N) is 1. The molecule has 0 aromatic heterocycles. The zero-order valence-corrected chi connectivity index (χ0v) is 18.1. The molecule has 0 aromatic carbocycles. The van der Waals surface area contributed by atoms with E-state index in [4.69, 9.17) is 4.74 Å². The van der Waals surface area contributed by atoms with Gasteiger partial charge in [-0.2, -0.15) is 0 Å². The molecule has 0 saturated heterocycles. The van der Waals surface area contributed by atoms with Crippen LogP contribution in [0.5, 0.6) is 0 Å². The Balaban J connectivity index is 4.45. The number of hydrogen-bond acceptors (Lipinski definition) is 2. The summed E-state index contributed by atoms with van der Waals surface area (Å²) in [4.78, 5) is 11.2. The van der Waals surface area contributed by atoms with Gasteiger partial charge >= 0.3 is 5.97 Å². The van der Waals surface area contributed by atoms with E-state index in [0.717, 1.165) is 12.8 Å². The Bertz CT molecular complexity index is 333. The zero-order chi connectivity index (χ0) is 19.5. The third-order valence-electron chi connectivity index (χ3n) is 5.40. The van der Waals surface area contributed by atoms with Crippen molar-refractivity contribution in [1.29, 1.82) is 0 Å². The van der Waals surface area contributed by atoms with Crippen molar-refractivity contribution in [3.63, 3.8) is 0 Å². The molecule has 0 unspecified atom stereocenters. The SMILES string of the molecule is C=CC(=O)OCCCC[N+](CCCC)(CCCC)CCCCCCCC. The minimum absolute atomic E-state index is 0.296. The summed E-state index contributed by atoms with van der Waals surface area (Å²) in [6, 6.07) is 0. The predicted molar refractivity (Wildman–Crippen MR) is 113 cm³/mol. The van der Waals surface area contributed by atoms with Gasteiger partial charge in [0.1, 0.15) is 0 Å². The number of ether oxygens (including phenoxy) is 1.